The van der Waals surface area contributed by atoms with E-state index in [1.807, 2.05) is 19.0 Å². The number of amides is 2. The number of carbonyl (C=O) groups is 2. The Kier molecular flexibility index (Phi) is 7.21. The molecule has 1 atom stereocenters. The van der Waals surface area contributed by atoms with Gasteiger partial charge in [-0.3, -0.25) is 14.5 Å². The third kappa shape index (κ3) is 5.44. The number of rotatable bonds is 6. The molecule has 1 aromatic rings. The van der Waals surface area contributed by atoms with Gasteiger partial charge in [0.15, 0.2) is 0 Å². The van der Waals surface area contributed by atoms with Crippen molar-refractivity contribution < 1.29 is 14.3 Å². The Hall–Kier alpha value is -2.12. The van der Waals surface area contributed by atoms with Gasteiger partial charge in [-0.15, -0.1) is 0 Å². The average molecular weight is 348 g/mol. The summed E-state index contributed by atoms with van der Waals surface area (Å²) in [6.45, 7) is 5.57. The highest BCUT2D eigenvalue weighted by atomic mass is 16.5. The maximum Gasteiger partial charge on any atom is 0.309 e. The highest BCUT2D eigenvalue weighted by Crippen LogP contribution is 2.23. The van der Waals surface area contributed by atoms with Crippen molar-refractivity contribution in [2.75, 3.05) is 58.4 Å². The van der Waals surface area contributed by atoms with Crippen LogP contribution >= 0.6 is 0 Å². The lowest BCUT2D eigenvalue weighted by molar-refractivity contribution is -0.139. The molecule has 0 spiro atoms. The standard InChI is InChI=1S/C18H28N4O3/c1-4-19-17(23)18(24)20-13-16(22-9-11-25-12-10-22)14-5-7-15(8-6-14)21(2)3/h5-8,16H,4,9-13H2,1-3H3,(H,19,23)(H,20,24)/t16-/m1/s1. The van der Waals surface area contributed by atoms with E-state index in [2.05, 4.69) is 39.8 Å². The molecule has 1 heterocycles. The number of nitrogens with zero attached hydrogens (tertiary/aromatic N) is 2. The molecule has 1 fully saturated rings. The molecule has 1 aliphatic heterocycles. The first-order chi connectivity index (χ1) is 12.0. The predicted octanol–water partition coefficient (Wildman–Crippen LogP) is 0.378. The molecule has 7 heteroatoms. The van der Waals surface area contributed by atoms with Crippen molar-refractivity contribution in [1.29, 1.82) is 0 Å². The van der Waals surface area contributed by atoms with Gasteiger partial charge in [-0.25, -0.2) is 0 Å². The fraction of sp³-hybridized carbons (Fsp3) is 0.556. The van der Waals surface area contributed by atoms with E-state index in [-0.39, 0.29) is 6.04 Å². The molecule has 1 aliphatic rings. The Bertz CT molecular complexity index is 568. The summed E-state index contributed by atoms with van der Waals surface area (Å²) in [5.74, 6) is -1.18. The molecule has 0 unspecified atom stereocenters. The zero-order valence-electron chi connectivity index (χ0n) is 15.2. The monoisotopic (exact) mass is 348 g/mol. The van der Waals surface area contributed by atoms with Crippen LogP contribution in [-0.4, -0.2) is 70.2 Å². The van der Waals surface area contributed by atoms with Crippen LogP contribution in [0.2, 0.25) is 0 Å². The molecular formula is C18H28N4O3. The summed E-state index contributed by atoms with van der Waals surface area (Å²) in [5, 5.41) is 5.27. The maximum absolute atomic E-state index is 11.9. The molecule has 2 N–H and O–H groups in total. The van der Waals surface area contributed by atoms with Crippen LogP contribution in [0.5, 0.6) is 0 Å². The molecular weight excluding hydrogens is 320 g/mol. The van der Waals surface area contributed by atoms with E-state index in [4.69, 9.17) is 4.74 Å². The fourth-order valence-electron chi connectivity index (χ4n) is 2.85. The van der Waals surface area contributed by atoms with E-state index in [9.17, 15) is 9.59 Å². The van der Waals surface area contributed by atoms with Crippen LogP contribution in [0.15, 0.2) is 24.3 Å². The van der Waals surface area contributed by atoms with Crippen molar-refractivity contribution in [3.63, 3.8) is 0 Å². The van der Waals surface area contributed by atoms with E-state index >= 15 is 0 Å². The van der Waals surface area contributed by atoms with Gasteiger partial charge in [0.2, 0.25) is 0 Å². The molecule has 25 heavy (non-hydrogen) atoms. The summed E-state index contributed by atoms with van der Waals surface area (Å²) in [6, 6.07) is 8.29. The van der Waals surface area contributed by atoms with Crippen molar-refractivity contribution in [2.45, 2.75) is 13.0 Å². The third-order valence-electron chi connectivity index (χ3n) is 4.28. The highest BCUT2D eigenvalue weighted by Gasteiger charge is 2.24. The lowest BCUT2D eigenvalue weighted by atomic mass is 10.0. The average Bonchev–Trinajstić information content (AvgIpc) is 2.63. The number of anilines is 1. The molecule has 0 bridgehead atoms. The first-order valence-corrected chi connectivity index (χ1v) is 8.68. The van der Waals surface area contributed by atoms with Crippen LogP contribution < -0.4 is 15.5 Å². The minimum Gasteiger partial charge on any atom is -0.379 e. The number of hydrogen-bond acceptors (Lipinski definition) is 5. The molecule has 2 rings (SSSR count). The van der Waals surface area contributed by atoms with Crippen LogP contribution in [0.3, 0.4) is 0 Å². The summed E-state index contributed by atoms with van der Waals surface area (Å²) in [4.78, 5) is 27.9. The SMILES string of the molecule is CCNC(=O)C(=O)NC[C@H](c1ccc(N(C)C)cc1)N1CCOCC1. The Labute approximate surface area is 149 Å². The van der Waals surface area contributed by atoms with Crippen LogP contribution in [0.1, 0.15) is 18.5 Å². The van der Waals surface area contributed by atoms with Gasteiger partial charge in [0.1, 0.15) is 0 Å². The number of hydrogen-bond donors (Lipinski definition) is 2. The van der Waals surface area contributed by atoms with Gasteiger partial charge in [0.25, 0.3) is 0 Å². The van der Waals surface area contributed by atoms with Gasteiger partial charge in [-0.05, 0) is 24.6 Å². The highest BCUT2D eigenvalue weighted by molar-refractivity contribution is 6.35. The van der Waals surface area contributed by atoms with Crippen molar-refractivity contribution in [2.24, 2.45) is 0 Å². The zero-order chi connectivity index (χ0) is 18.2. The molecule has 0 aromatic heterocycles. The largest absolute Gasteiger partial charge is 0.379 e. The molecule has 1 aromatic carbocycles. The Morgan fingerprint density at radius 1 is 1.12 bits per heavy atom. The molecule has 0 saturated carbocycles. The zero-order valence-corrected chi connectivity index (χ0v) is 15.2. The molecule has 7 nitrogen and oxygen atoms in total. The van der Waals surface area contributed by atoms with Crippen LogP contribution in [0, 0.1) is 0 Å². The Balaban J connectivity index is 2.09. The number of morpholine rings is 1. The van der Waals surface area contributed by atoms with Crippen molar-refractivity contribution in [1.82, 2.24) is 15.5 Å². The van der Waals surface area contributed by atoms with E-state index in [0.29, 0.717) is 26.3 Å². The number of carbonyl (C=O) groups excluding carboxylic acids is 2. The fourth-order valence-corrected chi connectivity index (χ4v) is 2.85. The molecule has 0 aliphatic carbocycles. The van der Waals surface area contributed by atoms with Crippen molar-refractivity contribution in [3.8, 4) is 0 Å². The molecule has 138 valence electrons. The Morgan fingerprint density at radius 3 is 2.28 bits per heavy atom. The maximum atomic E-state index is 11.9. The first kappa shape index (κ1) is 19.2. The first-order valence-electron chi connectivity index (χ1n) is 8.68. The summed E-state index contributed by atoms with van der Waals surface area (Å²) in [6.07, 6.45) is 0. The van der Waals surface area contributed by atoms with Gasteiger partial charge in [0, 0.05) is 46.0 Å². The van der Waals surface area contributed by atoms with E-state index in [1.54, 1.807) is 6.92 Å². The lowest BCUT2D eigenvalue weighted by Gasteiger charge is -2.35. The van der Waals surface area contributed by atoms with Crippen LogP contribution in [-0.2, 0) is 14.3 Å². The third-order valence-corrected chi connectivity index (χ3v) is 4.28. The second-order valence-corrected chi connectivity index (χ2v) is 6.22. The smallest absolute Gasteiger partial charge is 0.309 e. The number of nitrogens with one attached hydrogen (secondary N) is 2. The quantitative estimate of drug-likeness (QED) is 0.727. The molecule has 0 radical (unpaired) electrons. The van der Waals surface area contributed by atoms with Gasteiger partial charge in [-0.2, -0.15) is 0 Å². The van der Waals surface area contributed by atoms with Gasteiger partial charge < -0.3 is 20.3 Å². The van der Waals surface area contributed by atoms with E-state index in [1.165, 1.54) is 0 Å². The number of likely N-dealkylation sites (N-methyl/N-ethyl adjacent to an activating group) is 1. The normalized spacial score (nSPS) is 16.1. The second-order valence-electron chi connectivity index (χ2n) is 6.22. The van der Waals surface area contributed by atoms with Crippen molar-refractivity contribution in [3.05, 3.63) is 29.8 Å². The number of ether oxygens (including phenoxy) is 1. The van der Waals surface area contributed by atoms with Crippen LogP contribution in [0.4, 0.5) is 5.69 Å². The minimum absolute atomic E-state index is 0.0125. The summed E-state index contributed by atoms with van der Waals surface area (Å²) in [7, 11) is 4.00. The van der Waals surface area contributed by atoms with E-state index < -0.39 is 11.8 Å². The predicted molar refractivity (Wildman–Crippen MR) is 97.6 cm³/mol. The second kappa shape index (κ2) is 9.39. The lowest BCUT2D eigenvalue weighted by Crippen LogP contribution is -2.46. The van der Waals surface area contributed by atoms with Gasteiger partial charge in [0.05, 0.1) is 19.3 Å². The summed E-state index contributed by atoms with van der Waals surface area (Å²) >= 11 is 0. The van der Waals surface area contributed by atoms with Crippen LogP contribution in [0.25, 0.3) is 0 Å². The summed E-state index contributed by atoms with van der Waals surface area (Å²) in [5.41, 5.74) is 2.24. The minimum atomic E-state index is -0.593. The molecule has 2 amide bonds. The molecule has 1 saturated heterocycles. The Morgan fingerprint density at radius 2 is 1.72 bits per heavy atom. The van der Waals surface area contributed by atoms with E-state index in [0.717, 1.165) is 24.3 Å². The number of benzene rings is 1. The summed E-state index contributed by atoms with van der Waals surface area (Å²) < 4.78 is 5.43. The topological polar surface area (TPSA) is 73.9 Å². The van der Waals surface area contributed by atoms with Crippen molar-refractivity contribution >= 4 is 17.5 Å². The van der Waals surface area contributed by atoms with Gasteiger partial charge in [-0.1, -0.05) is 12.1 Å². The van der Waals surface area contributed by atoms with Gasteiger partial charge >= 0.3 is 11.8 Å².